The number of hydrogen-bond acceptors (Lipinski definition) is 9. The number of ether oxygens (including phenoxy) is 2. The molecule has 1 aromatic heterocycles. The van der Waals surface area contributed by atoms with Gasteiger partial charge in [-0.1, -0.05) is 34.1 Å². The molecule has 0 aliphatic carbocycles. The van der Waals surface area contributed by atoms with E-state index in [0.29, 0.717) is 17.1 Å². The van der Waals surface area contributed by atoms with Crippen LogP contribution in [-0.2, 0) is 25.7 Å². The molecule has 2 fully saturated rings. The minimum Gasteiger partial charge on any atom is -0.458 e. The van der Waals surface area contributed by atoms with E-state index in [1.54, 1.807) is 20.8 Å². The Labute approximate surface area is 217 Å². The lowest BCUT2D eigenvalue weighted by Crippen LogP contribution is -2.45. The zero-order chi connectivity index (χ0) is 26.8. The molecule has 0 saturated carbocycles. The van der Waals surface area contributed by atoms with Gasteiger partial charge in [-0.2, -0.15) is 0 Å². The molecule has 8 nitrogen and oxygen atoms in total. The van der Waals surface area contributed by atoms with Gasteiger partial charge < -0.3 is 24.8 Å². The Kier molecular flexibility index (Phi) is 9.15. The van der Waals surface area contributed by atoms with E-state index in [-0.39, 0.29) is 36.4 Å². The van der Waals surface area contributed by atoms with Gasteiger partial charge in [0.15, 0.2) is 0 Å². The van der Waals surface area contributed by atoms with Crippen molar-refractivity contribution < 1.29 is 34.4 Å². The molecule has 9 heteroatoms. The van der Waals surface area contributed by atoms with Crippen LogP contribution in [0.1, 0.15) is 84.3 Å². The second-order valence-corrected chi connectivity index (χ2v) is 12.2. The van der Waals surface area contributed by atoms with Gasteiger partial charge in [0, 0.05) is 17.7 Å². The fourth-order valence-electron chi connectivity index (χ4n) is 5.08. The summed E-state index contributed by atoms with van der Waals surface area (Å²) in [6.07, 6.45) is 1.60. The molecule has 0 unspecified atom stereocenters. The minimum atomic E-state index is -1.26. The van der Waals surface area contributed by atoms with Gasteiger partial charge in [-0.3, -0.25) is 9.59 Å². The molecule has 2 aliphatic heterocycles. The smallest absolute Gasteiger partial charge is 0.309 e. The van der Waals surface area contributed by atoms with E-state index in [0.717, 1.165) is 24.8 Å². The third-order valence-corrected chi connectivity index (χ3v) is 8.85. The molecule has 0 aromatic carbocycles. The van der Waals surface area contributed by atoms with Crippen molar-refractivity contribution in [3.63, 3.8) is 0 Å². The molecule has 36 heavy (non-hydrogen) atoms. The predicted molar refractivity (Wildman–Crippen MR) is 137 cm³/mol. The second kappa shape index (κ2) is 11.4. The SMILES string of the molecule is CC(=Cc1csc(CO)n1)[C@@H]1C[C@H]2O[C@@]2(C)CCC[C@H](C)[C@H](O)[C@@H](C)C(=O)C(C)(C)[C@@H](O)CC(=O)O1. The summed E-state index contributed by atoms with van der Waals surface area (Å²) < 4.78 is 11.9. The number of carbonyl (C=O) groups excluding carboxylic acids is 2. The number of cyclic esters (lactones) is 1. The van der Waals surface area contributed by atoms with E-state index in [1.165, 1.54) is 11.3 Å². The van der Waals surface area contributed by atoms with Crippen molar-refractivity contribution in [2.45, 2.75) is 110 Å². The Morgan fingerprint density at radius 2 is 1.94 bits per heavy atom. The summed E-state index contributed by atoms with van der Waals surface area (Å²) in [7, 11) is 0. The van der Waals surface area contributed by atoms with Gasteiger partial charge in [0.25, 0.3) is 0 Å². The lowest BCUT2D eigenvalue weighted by molar-refractivity contribution is -0.154. The van der Waals surface area contributed by atoms with Gasteiger partial charge in [0.05, 0.1) is 48.0 Å². The second-order valence-electron chi connectivity index (χ2n) is 11.3. The molecule has 202 valence electrons. The van der Waals surface area contributed by atoms with Gasteiger partial charge in [0.1, 0.15) is 16.9 Å². The predicted octanol–water partition coefficient (Wildman–Crippen LogP) is 3.66. The first-order valence-electron chi connectivity index (χ1n) is 12.8. The van der Waals surface area contributed by atoms with Crippen molar-refractivity contribution in [3.05, 3.63) is 21.7 Å². The number of rotatable bonds is 3. The van der Waals surface area contributed by atoms with Crippen molar-refractivity contribution in [3.8, 4) is 0 Å². The quantitative estimate of drug-likeness (QED) is 0.404. The van der Waals surface area contributed by atoms with Gasteiger partial charge in [-0.25, -0.2) is 4.98 Å². The number of Topliss-reactive ketones (excluding diaryl/α,β-unsaturated/α-hetero) is 1. The summed E-state index contributed by atoms with van der Waals surface area (Å²) in [5.41, 5.74) is -0.0964. The van der Waals surface area contributed by atoms with Crippen LogP contribution in [0.5, 0.6) is 0 Å². The largest absolute Gasteiger partial charge is 0.458 e. The maximum absolute atomic E-state index is 13.2. The van der Waals surface area contributed by atoms with Crippen molar-refractivity contribution >= 4 is 29.2 Å². The van der Waals surface area contributed by atoms with Crippen molar-refractivity contribution in [1.82, 2.24) is 4.98 Å². The highest BCUT2D eigenvalue weighted by Gasteiger charge is 2.53. The Hall–Kier alpha value is -1.65. The minimum absolute atomic E-state index is 0.0860. The van der Waals surface area contributed by atoms with Gasteiger partial charge in [0.2, 0.25) is 0 Å². The summed E-state index contributed by atoms with van der Waals surface area (Å²) in [5, 5.41) is 33.4. The molecule has 0 radical (unpaired) electrons. The number of thiazole rings is 1. The van der Waals surface area contributed by atoms with Crippen molar-refractivity contribution in [2.75, 3.05) is 0 Å². The highest BCUT2D eigenvalue weighted by atomic mass is 32.1. The fourth-order valence-corrected chi connectivity index (χ4v) is 5.69. The van der Waals surface area contributed by atoms with Crippen molar-refractivity contribution in [1.29, 1.82) is 0 Å². The molecular formula is C27H41NO7S. The lowest BCUT2D eigenvalue weighted by atomic mass is 9.73. The molecule has 3 heterocycles. The number of aromatic nitrogens is 1. The van der Waals surface area contributed by atoms with Gasteiger partial charge in [-0.05, 0) is 44.3 Å². The van der Waals surface area contributed by atoms with Crippen LogP contribution in [0.3, 0.4) is 0 Å². The number of aliphatic hydroxyl groups excluding tert-OH is 3. The fraction of sp³-hybridized carbons (Fsp3) is 0.741. The number of hydrogen-bond donors (Lipinski definition) is 3. The van der Waals surface area contributed by atoms with Crippen LogP contribution in [-0.4, -0.2) is 62.1 Å². The average Bonchev–Trinajstić information content (AvgIpc) is 3.23. The molecule has 3 rings (SSSR count). The number of aliphatic hydroxyl groups is 3. The average molecular weight is 524 g/mol. The highest BCUT2D eigenvalue weighted by molar-refractivity contribution is 7.09. The van der Waals surface area contributed by atoms with E-state index in [2.05, 4.69) is 4.98 Å². The molecule has 2 aliphatic rings. The third kappa shape index (κ3) is 6.61. The van der Waals surface area contributed by atoms with Gasteiger partial charge in [-0.15, -0.1) is 11.3 Å². The molecule has 0 spiro atoms. The number of epoxide rings is 1. The Morgan fingerprint density at radius 3 is 2.58 bits per heavy atom. The van der Waals surface area contributed by atoms with Crippen LogP contribution < -0.4 is 0 Å². The number of ketones is 1. The van der Waals surface area contributed by atoms with E-state index >= 15 is 0 Å². The molecule has 0 amide bonds. The van der Waals surface area contributed by atoms with Crippen molar-refractivity contribution in [2.24, 2.45) is 17.3 Å². The van der Waals surface area contributed by atoms with Gasteiger partial charge >= 0.3 is 5.97 Å². The Balaban J connectivity index is 1.85. The summed E-state index contributed by atoms with van der Waals surface area (Å²) in [5.74, 6) is -1.64. The number of nitrogens with zero attached hydrogens (tertiary/aromatic N) is 1. The van der Waals surface area contributed by atoms with E-state index in [4.69, 9.17) is 9.47 Å². The number of fused-ring (bicyclic) bond motifs is 1. The third-order valence-electron chi connectivity index (χ3n) is 8.00. The Bertz CT molecular complexity index is 973. The number of carbonyl (C=O) groups is 2. The molecule has 1 aromatic rings. The van der Waals surface area contributed by atoms with E-state index < -0.39 is 35.6 Å². The zero-order valence-electron chi connectivity index (χ0n) is 22.2. The summed E-state index contributed by atoms with van der Waals surface area (Å²) in [6.45, 7) is 10.6. The molecule has 2 saturated heterocycles. The maximum atomic E-state index is 13.2. The first-order chi connectivity index (χ1) is 16.8. The van der Waals surface area contributed by atoms with E-state index in [9.17, 15) is 24.9 Å². The first kappa shape index (κ1) is 28.9. The van der Waals surface area contributed by atoms with Crippen LogP contribution in [0.2, 0.25) is 0 Å². The van der Waals surface area contributed by atoms with Crippen LogP contribution in [0.15, 0.2) is 11.0 Å². The highest BCUT2D eigenvalue weighted by Crippen LogP contribution is 2.45. The number of esters is 1. The van der Waals surface area contributed by atoms with Crippen LogP contribution >= 0.6 is 11.3 Å². The first-order valence-corrected chi connectivity index (χ1v) is 13.7. The lowest BCUT2D eigenvalue weighted by Gasteiger charge is -2.34. The zero-order valence-corrected chi connectivity index (χ0v) is 23.0. The summed E-state index contributed by atoms with van der Waals surface area (Å²) in [6, 6.07) is 0. The summed E-state index contributed by atoms with van der Waals surface area (Å²) in [4.78, 5) is 30.5. The monoisotopic (exact) mass is 523 g/mol. The Morgan fingerprint density at radius 1 is 1.25 bits per heavy atom. The maximum Gasteiger partial charge on any atom is 0.309 e. The van der Waals surface area contributed by atoms with Crippen LogP contribution in [0.25, 0.3) is 6.08 Å². The molecule has 0 bridgehead atoms. The molecule has 3 N–H and O–H groups in total. The summed E-state index contributed by atoms with van der Waals surface area (Å²) >= 11 is 1.35. The van der Waals surface area contributed by atoms with Crippen LogP contribution in [0, 0.1) is 17.3 Å². The standard InChI is InChI=1S/C27H41NO7S/c1-15-8-7-9-27(6)21(35-27)11-19(16(2)10-18-14-36-22(13-29)28-18)34-23(31)12-20(30)26(4,5)25(33)17(3)24(15)32/h10,14-15,17,19-21,24,29-30,32H,7-9,11-13H2,1-6H3/t15-,17+,19-,20-,21+,24-,27-/m0/s1. The van der Waals surface area contributed by atoms with E-state index in [1.807, 2.05) is 32.2 Å². The topological polar surface area (TPSA) is 129 Å². The molecular weight excluding hydrogens is 482 g/mol. The van der Waals surface area contributed by atoms with Crippen LogP contribution in [0.4, 0.5) is 0 Å². The molecule has 7 atom stereocenters. The normalized spacial score (nSPS) is 36.8.